The summed E-state index contributed by atoms with van der Waals surface area (Å²) in [7, 11) is 0. The number of morpholine rings is 1. The number of amides is 1. The van der Waals surface area contributed by atoms with E-state index in [2.05, 4.69) is 4.90 Å². The van der Waals surface area contributed by atoms with Gasteiger partial charge in [0.15, 0.2) is 0 Å². The minimum absolute atomic E-state index is 0.0311. The molecule has 2 aliphatic heterocycles. The predicted molar refractivity (Wildman–Crippen MR) is 93.0 cm³/mol. The molecule has 2 fully saturated rings. The predicted octanol–water partition coefficient (Wildman–Crippen LogP) is 1.42. The SMILES string of the molecule is O=C(Cc1ccc(F)cc1Cl)N1C[C@@H](CO)[C@@H](CN2CCOCC2)C1. The van der Waals surface area contributed by atoms with E-state index in [1.165, 1.54) is 12.1 Å². The summed E-state index contributed by atoms with van der Waals surface area (Å²) >= 11 is 6.02. The van der Waals surface area contributed by atoms with Crippen molar-refractivity contribution >= 4 is 17.5 Å². The third kappa shape index (κ3) is 4.70. The van der Waals surface area contributed by atoms with Crippen LogP contribution in [0.25, 0.3) is 0 Å². The monoisotopic (exact) mass is 370 g/mol. The zero-order chi connectivity index (χ0) is 17.8. The molecule has 2 saturated heterocycles. The molecule has 0 aromatic heterocycles. The molecule has 25 heavy (non-hydrogen) atoms. The highest BCUT2D eigenvalue weighted by Crippen LogP contribution is 2.26. The van der Waals surface area contributed by atoms with Crippen LogP contribution in [0.4, 0.5) is 4.39 Å². The van der Waals surface area contributed by atoms with Crippen molar-refractivity contribution in [2.24, 2.45) is 11.8 Å². The van der Waals surface area contributed by atoms with Gasteiger partial charge in [-0.3, -0.25) is 9.69 Å². The molecule has 0 aliphatic carbocycles. The van der Waals surface area contributed by atoms with Crippen LogP contribution >= 0.6 is 11.6 Å². The van der Waals surface area contributed by atoms with Crippen molar-refractivity contribution in [1.29, 1.82) is 0 Å². The van der Waals surface area contributed by atoms with E-state index >= 15 is 0 Å². The third-order valence-corrected chi connectivity index (χ3v) is 5.47. The van der Waals surface area contributed by atoms with Gasteiger partial charge in [0.05, 0.1) is 19.6 Å². The third-order valence-electron chi connectivity index (χ3n) is 5.12. The lowest BCUT2D eigenvalue weighted by Crippen LogP contribution is -2.41. The number of benzene rings is 1. The standard InChI is InChI=1S/C18H24ClFN2O3/c19-17-8-16(20)2-1-13(17)7-18(24)22-10-14(15(11-22)12-23)9-21-3-5-25-6-4-21/h1-2,8,14-15,23H,3-7,9-12H2/t14-,15-/m0/s1. The Morgan fingerprint density at radius 2 is 2.00 bits per heavy atom. The summed E-state index contributed by atoms with van der Waals surface area (Å²) in [5.41, 5.74) is 0.630. The fraction of sp³-hybridized carbons (Fsp3) is 0.611. The Morgan fingerprint density at radius 1 is 1.28 bits per heavy atom. The Hall–Kier alpha value is -1.21. The Kier molecular flexibility index (Phi) is 6.28. The highest BCUT2D eigenvalue weighted by molar-refractivity contribution is 6.31. The normalized spacial score (nSPS) is 24.7. The fourth-order valence-corrected chi connectivity index (χ4v) is 3.85. The van der Waals surface area contributed by atoms with E-state index in [1.807, 2.05) is 0 Å². The second-order valence-corrected chi connectivity index (χ2v) is 7.23. The number of ether oxygens (including phenoxy) is 1. The van der Waals surface area contributed by atoms with Crippen molar-refractivity contribution in [3.63, 3.8) is 0 Å². The van der Waals surface area contributed by atoms with Gasteiger partial charge in [-0.1, -0.05) is 17.7 Å². The van der Waals surface area contributed by atoms with Gasteiger partial charge < -0.3 is 14.7 Å². The largest absolute Gasteiger partial charge is 0.396 e. The van der Waals surface area contributed by atoms with Crippen LogP contribution in [0.3, 0.4) is 0 Å². The molecule has 0 bridgehead atoms. The highest BCUT2D eigenvalue weighted by atomic mass is 35.5. The average Bonchev–Trinajstić information content (AvgIpc) is 3.01. The number of carbonyl (C=O) groups is 1. The van der Waals surface area contributed by atoms with E-state index < -0.39 is 5.82 Å². The lowest BCUT2D eigenvalue weighted by atomic mass is 9.96. The maximum atomic E-state index is 13.1. The number of aliphatic hydroxyl groups excluding tert-OH is 1. The average molecular weight is 371 g/mol. The summed E-state index contributed by atoms with van der Waals surface area (Å²) in [6.07, 6.45) is 0.154. The van der Waals surface area contributed by atoms with Crippen molar-refractivity contribution in [3.05, 3.63) is 34.6 Å². The summed E-state index contributed by atoms with van der Waals surface area (Å²) < 4.78 is 18.5. The molecule has 0 spiro atoms. The number of carbonyl (C=O) groups excluding carboxylic acids is 1. The Balaban J connectivity index is 1.59. The maximum Gasteiger partial charge on any atom is 0.227 e. The van der Waals surface area contributed by atoms with Gasteiger partial charge in [-0.05, 0) is 23.6 Å². The fourth-order valence-electron chi connectivity index (χ4n) is 3.61. The van der Waals surface area contributed by atoms with E-state index in [1.54, 1.807) is 11.0 Å². The molecule has 2 aliphatic rings. The molecule has 1 amide bonds. The van der Waals surface area contributed by atoms with Crippen LogP contribution in [0, 0.1) is 17.7 Å². The number of nitrogens with zero attached hydrogens (tertiary/aromatic N) is 2. The van der Waals surface area contributed by atoms with Crippen LogP contribution in [0.2, 0.25) is 5.02 Å². The molecule has 2 heterocycles. The van der Waals surface area contributed by atoms with Gasteiger partial charge in [0.2, 0.25) is 5.91 Å². The maximum absolute atomic E-state index is 13.1. The first kappa shape index (κ1) is 18.6. The van der Waals surface area contributed by atoms with E-state index in [9.17, 15) is 14.3 Å². The first-order chi connectivity index (χ1) is 12.1. The number of aliphatic hydroxyl groups is 1. The minimum Gasteiger partial charge on any atom is -0.396 e. The minimum atomic E-state index is -0.409. The van der Waals surface area contributed by atoms with Crippen molar-refractivity contribution < 1.29 is 19.0 Å². The summed E-state index contributed by atoms with van der Waals surface area (Å²) in [4.78, 5) is 16.7. The first-order valence-electron chi connectivity index (χ1n) is 8.69. The summed E-state index contributed by atoms with van der Waals surface area (Å²) in [6, 6.07) is 4.10. The van der Waals surface area contributed by atoms with Crippen LogP contribution in [-0.2, 0) is 16.0 Å². The van der Waals surface area contributed by atoms with Gasteiger partial charge in [0, 0.05) is 50.3 Å². The molecule has 1 aromatic rings. The Bertz CT molecular complexity index is 610. The molecule has 1 aromatic carbocycles. The van der Waals surface area contributed by atoms with Crippen molar-refractivity contribution in [2.75, 3.05) is 52.5 Å². The molecule has 1 N–H and O–H groups in total. The van der Waals surface area contributed by atoms with Gasteiger partial charge in [0.25, 0.3) is 0 Å². The van der Waals surface area contributed by atoms with Gasteiger partial charge >= 0.3 is 0 Å². The van der Waals surface area contributed by atoms with Crippen LogP contribution in [0.1, 0.15) is 5.56 Å². The summed E-state index contributed by atoms with van der Waals surface area (Å²) in [5.74, 6) is -0.0871. The number of hydrogen-bond acceptors (Lipinski definition) is 4. The van der Waals surface area contributed by atoms with Crippen LogP contribution in [-0.4, -0.2) is 73.4 Å². The number of rotatable bonds is 5. The molecule has 5 nitrogen and oxygen atoms in total. The molecule has 0 unspecified atom stereocenters. The molecule has 0 saturated carbocycles. The van der Waals surface area contributed by atoms with E-state index in [-0.39, 0.29) is 35.8 Å². The van der Waals surface area contributed by atoms with E-state index in [0.29, 0.717) is 18.7 Å². The number of likely N-dealkylation sites (tertiary alicyclic amines) is 1. The smallest absolute Gasteiger partial charge is 0.227 e. The molecule has 138 valence electrons. The van der Waals surface area contributed by atoms with Crippen LogP contribution in [0.5, 0.6) is 0 Å². The van der Waals surface area contributed by atoms with Gasteiger partial charge in [0.1, 0.15) is 5.82 Å². The first-order valence-corrected chi connectivity index (χ1v) is 9.07. The zero-order valence-electron chi connectivity index (χ0n) is 14.2. The Labute approximate surface area is 152 Å². The molecule has 2 atom stereocenters. The topological polar surface area (TPSA) is 53.0 Å². The molecule has 3 rings (SSSR count). The lowest BCUT2D eigenvalue weighted by Gasteiger charge is -2.30. The lowest BCUT2D eigenvalue weighted by molar-refractivity contribution is -0.129. The van der Waals surface area contributed by atoms with Crippen LogP contribution < -0.4 is 0 Å². The van der Waals surface area contributed by atoms with Gasteiger partial charge in [-0.2, -0.15) is 0 Å². The molecular weight excluding hydrogens is 347 g/mol. The molecule has 7 heteroatoms. The quantitative estimate of drug-likeness (QED) is 0.851. The van der Waals surface area contributed by atoms with Crippen LogP contribution in [0.15, 0.2) is 18.2 Å². The van der Waals surface area contributed by atoms with Crippen molar-refractivity contribution in [1.82, 2.24) is 9.80 Å². The van der Waals surface area contributed by atoms with Gasteiger partial charge in [-0.15, -0.1) is 0 Å². The Morgan fingerprint density at radius 3 is 2.68 bits per heavy atom. The zero-order valence-corrected chi connectivity index (χ0v) is 14.9. The molecular formula is C18H24ClFN2O3. The number of hydrogen-bond donors (Lipinski definition) is 1. The van der Waals surface area contributed by atoms with Gasteiger partial charge in [-0.25, -0.2) is 4.39 Å². The van der Waals surface area contributed by atoms with Crippen molar-refractivity contribution in [2.45, 2.75) is 6.42 Å². The molecule has 0 radical (unpaired) electrons. The van der Waals surface area contributed by atoms with E-state index in [0.717, 1.165) is 32.8 Å². The summed E-state index contributed by atoms with van der Waals surface area (Å²) in [5, 5.41) is 9.96. The summed E-state index contributed by atoms with van der Waals surface area (Å²) in [6.45, 7) is 5.42. The number of halogens is 2. The highest BCUT2D eigenvalue weighted by Gasteiger charge is 2.35. The second kappa shape index (κ2) is 8.45. The van der Waals surface area contributed by atoms with Crippen molar-refractivity contribution in [3.8, 4) is 0 Å². The second-order valence-electron chi connectivity index (χ2n) is 6.83. The van der Waals surface area contributed by atoms with E-state index in [4.69, 9.17) is 16.3 Å².